The van der Waals surface area contributed by atoms with E-state index in [9.17, 15) is 9.90 Å². The van der Waals surface area contributed by atoms with Gasteiger partial charge < -0.3 is 24.8 Å². The predicted octanol–water partition coefficient (Wildman–Crippen LogP) is 3.04. The lowest BCUT2D eigenvalue weighted by atomic mass is 9.83. The molecule has 0 spiro atoms. The molecular formula is C23H34N2O4. The highest BCUT2D eigenvalue weighted by Crippen LogP contribution is 2.42. The molecule has 1 aromatic carbocycles. The van der Waals surface area contributed by atoms with Crippen molar-refractivity contribution in [3.8, 4) is 11.5 Å². The van der Waals surface area contributed by atoms with Crippen LogP contribution >= 0.6 is 0 Å². The molecule has 1 aliphatic carbocycles. The van der Waals surface area contributed by atoms with E-state index >= 15 is 0 Å². The first kappa shape index (κ1) is 20.5. The van der Waals surface area contributed by atoms with Crippen LogP contribution in [0.3, 0.4) is 0 Å². The van der Waals surface area contributed by atoms with E-state index < -0.39 is 6.10 Å². The van der Waals surface area contributed by atoms with E-state index in [1.54, 1.807) is 0 Å². The number of hydrogen-bond acceptors (Lipinski definition) is 5. The van der Waals surface area contributed by atoms with Gasteiger partial charge in [-0.15, -0.1) is 0 Å². The number of amides is 1. The zero-order valence-corrected chi connectivity index (χ0v) is 17.4. The number of carbonyl (C=O) groups is 1. The molecule has 2 aliphatic heterocycles. The van der Waals surface area contributed by atoms with Crippen molar-refractivity contribution in [3.63, 3.8) is 0 Å². The van der Waals surface area contributed by atoms with Gasteiger partial charge in [0.2, 0.25) is 12.7 Å². The van der Waals surface area contributed by atoms with Gasteiger partial charge in [0.05, 0.1) is 0 Å². The summed E-state index contributed by atoms with van der Waals surface area (Å²) >= 11 is 0. The van der Waals surface area contributed by atoms with Gasteiger partial charge >= 0.3 is 0 Å². The summed E-state index contributed by atoms with van der Waals surface area (Å²) in [7, 11) is 0. The molecular weight excluding hydrogens is 368 g/mol. The van der Waals surface area contributed by atoms with Gasteiger partial charge in [0.25, 0.3) is 0 Å². The number of fused-ring (bicyclic) bond motifs is 1. The largest absolute Gasteiger partial charge is 0.454 e. The Hall–Kier alpha value is -1.79. The second kappa shape index (κ2) is 9.35. The van der Waals surface area contributed by atoms with Crippen LogP contribution in [0.15, 0.2) is 18.2 Å². The number of piperidine rings is 1. The molecule has 160 valence electrons. The molecule has 1 amide bonds. The van der Waals surface area contributed by atoms with Crippen molar-refractivity contribution >= 4 is 5.91 Å². The molecule has 0 aromatic heterocycles. The topological polar surface area (TPSA) is 71.0 Å². The second-order valence-corrected chi connectivity index (χ2v) is 8.89. The van der Waals surface area contributed by atoms with Crippen molar-refractivity contribution in [3.05, 3.63) is 23.8 Å². The van der Waals surface area contributed by atoms with Crippen LogP contribution in [0.25, 0.3) is 0 Å². The number of hydrogen-bond donors (Lipinski definition) is 2. The molecule has 0 unspecified atom stereocenters. The van der Waals surface area contributed by atoms with Gasteiger partial charge in [0, 0.05) is 11.6 Å². The highest BCUT2D eigenvalue weighted by Gasteiger charge is 2.28. The maximum Gasteiger partial charge on any atom is 0.248 e. The van der Waals surface area contributed by atoms with E-state index in [4.69, 9.17) is 9.47 Å². The van der Waals surface area contributed by atoms with Crippen LogP contribution in [0.1, 0.15) is 63.4 Å². The molecule has 1 aromatic rings. The van der Waals surface area contributed by atoms with Crippen LogP contribution in [0.4, 0.5) is 0 Å². The smallest absolute Gasteiger partial charge is 0.248 e. The highest BCUT2D eigenvalue weighted by atomic mass is 16.7. The fourth-order valence-corrected chi connectivity index (χ4v) is 5.02. The van der Waals surface area contributed by atoms with Crippen LogP contribution < -0.4 is 14.8 Å². The summed E-state index contributed by atoms with van der Waals surface area (Å²) in [5.41, 5.74) is 1.32. The van der Waals surface area contributed by atoms with Gasteiger partial charge in [-0.2, -0.15) is 0 Å². The summed E-state index contributed by atoms with van der Waals surface area (Å²) in [6.45, 7) is 5.34. The van der Waals surface area contributed by atoms with Gasteiger partial charge in [0.15, 0.2) is 11.5 Å². The molecule has 1 saturated carbocycles. The molecule has 6 heteroatoms. The summed E-state index contributed by atoms with van der Waals surface area (Å²) in [6, 6.07) is 6.51. The number of aliphatic hydroxyl groups excluding tert-OH is 1. The Kier molecular flexibility index (Phi) is 6.60. The maximum atomic E-state index is 11.6. The molecule has 29 heavy (non-hydrogen) atoms. The van der Waals surface area contributed by atoms with E-state index in [-0.39, 0.29) is 11.9 Å². The summed E-state index contributed by atoms with van der Waals surface area (Å²) in [5, 5.41) is 12.3. The van der Waals surface area contributed by atoms with E-state index in [0.717, 1.165) is 43.3 Å². The number of likely N-dealkylation sites (tertiary alicyclic amines) is 1. The average molecular weight is 403 g/mol. The van der Waals surface area contributed by atoms with Crippen molar-refractivity contribution in [2.75, 3.05) is 26.4 Å². The van der Waals surface area contributed by atoms with Crippen LogP contribution in [0.5, 0.6) is 11.5 Å². The third kappa shape index (κ3) is 5.04. The van der Waals surface area contributed by atoms with Crippen molar-refractivity contribution in [1.29, 1.82) is 0 Å². The number of nitrogens with zero attached hydrogens (tertiary/aromatic N) is 1. The number of para-hydroxylation sites is 1. The second-order valence-electron chi connectivity index (χ2n) is 8.89. The van der Waals surface area contributed by atoms with E-state index in [1.807, 2.05) is 6.07 Å². The summed E-state index contributed by atoms with van der Waals surface area (Å²) < 4.78 is 11.2. The van der Waals surface area contributed by atoms with Gasteiger partial charge in [-0.3, -0.25) is 4.79 Å². The number of carbonyl (C=O) groups excluding carboxylic acids is 1. The standard InChI is InChI=1S/C23H34N2O4/c1-16(26)23(27)24-19-7-5-17(6-8-19)9-12-25-13-10-18(11-14-25)20-3-2-4-21-22(20)29-15-28-21/h2-4,16-19,26H,5-15H2,1H3,(H,24,27)/t16-,17-,19-/m1/s1. The minimum Gasteiger partial charge on any atom is -0.454 e. The molecule has 2 heterocycles. The Bertz CT molecular complexity index is 692. The number of rotatable bonds is 6. The van der Waals surface area contributed by atoms with Crippen LogP contribution in [-0.4, -0.2) is 54.5 Å². The molecule has 2 fully saturated rings. The number of benzene rings is 1. The summed E-state index contributed by atoms with van der Waals surface area (Å²) in [6.07, 6.45) is 7.11. The SMILES string of the molecule is C[C@@H](O)C(=O)N[C@H]1CC[C@H](CCN2CCC(c3cccc4c3OCO4)CC2)CC1. The Labute approximate surface area is 173 Å². The van der Waals surface area contributed by atoms with Crippen LogP contribution in [-0.2, 0) is 4.79 Å². The predicted molar refractivity (Wildman–Crippen MR) is 111 cm³/mol. The fraction of sp³-hybridized carbons (Fsp3) is 0.696. The lowest BCUT2D eigenvalue weighted by molar-refractivity contribution is -0.129. The molecule has 6 nitrogen and oxygen atoms in total. The molecule has 0 bridgehead atoms. The first-order valence-electron chi connectivity index (χ1n) is 11.2. The fourth-order valence-electron chi connectivity index (χ4n) is 5.02. The number of aliphatic hydroxyl groups is 1. The Morgan fingerprint density at radius 2 is 1.93 bits per heavy atom. The quantitative estimate of drug-likeness (QED) is 0.765. The molecule has 0 radical (unpaired) electrons. The lowest BCUT2D eigenvalue weighted by Crippen LogP contribution is -2.42. The van der Waals surface area contributed by atoms with E-state index in [1.165, 1.54) is 51.1 Å². The Morgan fingerprint density at radius 1 is 1.17 bits per heavy atom. The summed E-state index contributed by atoms with van der Waals surface area (Å²) in [4.78, 5) is 14.2. The zero-order chi connectivity index (χ0) is 20.2. The minimum atomic E-state index is -0.910. The van der Waals surface area contributed by atoms with Crippen molar-refractivity contribution < 1.29 is 19.4 Å². The number of nitrogens with one attached hydrogen (secondary N) is 1. The first-order chi connectivity index (χ1) is 14.1. The zero-order valence-electron chi connectivity index (χ0n) is 17.4. The normalized spacial score (nSPS) is 26.3. The van der Waals surface area contributed by atoms with Gasteiger partial charge in [0.1, 0.15) is 6.10 Å². The molecule has 2 N–H and O–H groups in total. The monoisotopic (exact) mass is 402 g/mol. The third-order valence-corrected chi connectivity index (χ3v) is 6.88. The van der Waals surface area contributed by atoms with Gasteiger partial charge in [-0.25, -0.2) is 0 Å². The van der Waals surface area contributed by atoms with Crippen molar-refractivity contribution in [2.24, 2.45) is 5.92 Å². The average Bonchev–Trinajstić information content (AvgIpc) is 3.22. The van der Waals surface area contributed by atoms with E-state index in [0.29, 0.717) is 12.7 Å². The van der Waals surface area contributed by atoms with Gasteiger partial charge in [-0.05, 0) is 89.4 Å². The van der Waals surface area contributed by atoms with Crippen LogP contribution in [0.2, 0.25) is 0 Å². The van der Waals surface area contributed by atoms with Crippen molar-refractivity contribution in [1.82, 2.24) is 10.2 Å². The third-order valence-electron chi connectivity index (χ3n) is 6.88. The Morgan fingerprint density at radius 3 is 2.66 bits per heavy atom. The molecule has 4 rings (SSSR count). The maximum absolute atomic E-state index is 11.6. The summed E-state index contributed by atoms with van der Waals surface area (Å²) in [5.74, 6) is 2.94. The number of ether oxygens (including phenoxy) is 2. The highest BCUT2D eigenvalue weighted by molar-refractivity contribution is 5.80. The van der Waals surface area contributed by atoms with Crippen molar-refractivity contribution in [2.45, 2.75) is 69.9 Å². The molecule has 3 aliphatic rings. The first-order valence-corrected chi connectivity index (χ1v) is 11.2. The minimum absolute atomic E-state index is 0.239. The lowest BCUT2D eigenvalue weighted by Gasteiger charge is -2.34. The van der Waals surface area contributed by atoms with E-state index in [2.05, 4.69) is 22.3 Å². The van der Waals surface area contributed by atoms with Crippen LogP contribution in [0, 0.1) is 5.92 Å². The Balaban J connectivity index is 1.17. The molecule has 1 saturated heterocycles. The molecule has 1 atom stereocenters. The van der Waals surface area contributed by atoms with Gasteiger partial charge in [-0.1, -0.05) is 12.1 Å².